The Bertz CT molecular complexity index is 108. The molecule has 1 fully saturated rings. The summed E-state index contributed by atoms with van der Waals surface area (Å²) in [5.74, 6) is 0. The van der Waals surface area contributed by atoms with E-state index in [-0.39, 0.29) is 0 Å². The first-order chi connectivity index (χ1) is 5.83. The Kier molecular flexibility index (Phi) is 4.58. The monoisotopic (exact) mass is 171 g/mol. The summed E-state index contributed by atoms with van der Waals surface area (Å²) < 4.78 is 0. The third-order valence-electron chi connectivity index (χ3n) is 2.59. The van der Waals surface area contributed by atoms with E-state index in [9.17, 15) is 0 Å². The highest BCUT2D eigenvalue weighted by Crippen LogP contribution is 2.16. The fourth-order valence-corrected chi connectivity index (χ4v) is 1.73. The lowest BCUT2D eigenvalue weighted by Crippen LogP contribution is -2.38. The lowest BCUT2D eigenvalue weighted by Gasteiger charge is -2.26. The van der Waals surface area contributed by atoms with Crippen molar-refractivity contribution in [3.63, 3.8) is 0 Å². The average Bonchev–Trinajstić information content (AvgIpc) is 2.09. The van der Waals surface area contributed by atoms with E-state index < -0.39 is 0 Å². The third-order valence-corrected chi connectivity index (χ3v) is 2.59. The van der Waals surface area contributed by atoms with Gasteiger partial charge in [-0.1, -0.05) is 0 Å². The maximum atomic E-state index is 5.80. The predicted molar refractivity (Wildman–Crippen MR) is 51.9 cm³/mol. The molecule has 0 heterocycles. The number of hydrogen-bond acceptors (Lipinski definition) is 3. The molecule has 1 saturated carbocycles. The lowest BCUT2D eigenvalue weighted by atomic mass is 9.92. The van der Waals surface area contributed by atoms with Crippen LogP contribution in [0.4, 0.5) is 0 Å². The Morgan fingerprint density at radius 1 is 1.17 bits per heavy atom. The fraction of sp³-hybridized carbons (Fsp3) is 1.00. The molecule has 1 aliphatic rings. The van der Waals surface area contributed by atoms with E-state index in [1.54, 1.807) is 0 Å². The van der Waals surface area contributed by atoms with E-state index in [1.165, 1.54) is 25.7 Å². The molecule has 0 atom stereocenters. The van der Waals surface area contributed by atoms with Gasteiger partial charge in [0.05, 0.1) is 0 Å². The van der Waals surface area contributed by atoms with Gasteiger partial charge in [0.2, 0.25) is 0 Å². The molecule has 12 heavy (non-hydrogen) atoms. The maximum Gasteiger partial charge on any atom is 0.00682 e. The van der Waals surface area contributed by atoms with Crippen molar-refractivity contribution in [1.29, 1.82) is 0 Å². The van der Waals surface area contributed by atoms with Gasteiger partial charge in [0.1, 0.15) is 0 Å². The summed E-state index contributed by atoms with van der Waals surface area (Å²) in [4.78, 5) is 0. The molecule has 0 spiro atoms. The molecule has 3 nitrogen and oxygen atoms in total. The molecule has 5 N–H and O–H groups in total. The Labute approximate surface area is 74.9 Å². The van der Waals surface area contributed by atoms with Gasteiger partial charge in [-0.2, -0.15) is 0 Å². The molecule has 72 valence electrons. The Balaban J connectivity index is 2.01. The average molecular weight is 171 g/mol. The molecular formula is C9H21N3. The van der Waals surface area contributed by atoms with Crippen LogP contribution in [0.15, 0.2) is 0 Å². The Hall–Kier alpha value is -0.120. The van der Waals surface area contributed by atoms with Crippen LogP contribution in [-0.4, -0.2) is 25.2 Å². The zero-order chi connectivity index (χ0) is 8.81. The van der Waals surface area contributed by atoms with Crippen molar-refractivity contribution in [3.8, 4) is 0 Å². The van der Waals surface area contributed by atoms with Crippen LogP contribution in [0.25, 0.3) is 0 Å². The van der Waals surface area contributed by atoms with Crippen LogP contribution in [0, 0.1) is 0 Å². The molecule has 0 aromatic rings. The first kappa shape index (κ1) is 9.96. The van der Waals surface area contributed by atoms with Crippen LogP contribution in [0.1, 0.15) is 32.1 Å². The van der Waals surface area contributed by atoms with Gasteiger partial charge in [-0.25, -0.2) is 0 Å². The summed E-state index contributed by atoms with van der Waals surface area (Å²) in [6, 6.07) is 1.16. The smallest absolute Gasteiger partial charge is 0.00682 e. The van der Waals surface area contributed by atoms with E-state index in [2.05, 4.69) is 5.32 Å². The van der Waals surface area contributed by atoms with Gasteiger partial charge in [-0.05, 0) is 45.2 Å². The number of hydrogen-bond donors (Lipinski definition) is 3. The molecule has 3 heteroatoms. The summed E-state index contributed by atoms with van der Waals surface area (Å²) in [5, 5.41) is 3.51. The molecule has 0 bridgehead atoms. The summed E-state index contributed by atoms with van der Waals surface area (Å²) in [6.07, 6.45) is 5.93. The van der Waals surface area contributed by atoms with Gasteiger partial charge in [0.25, 0.3) is 0 Å². The van der Waals surface area contributed by atoms with E-state index in [0.29, 0.717) is 12.1 Å². The van der Waals surface area contributed by atoms with Crippen molar-refractivity contribution in [2.24, 2.45) is 11.5 Å². The van der Waals surface area contributed by atoms with Gasteiger partial charge in [0.15, 0.2) is 0 Å². The molecule has 0 aliphatic heterocycles. The second-order valence-electron chi connectivity index (χ2n) is 3.71. The SMILES string of the molecule is NCCCNC1CCC(N)CC1. The predicted octanol–water partition coefficient (Wildman–Crippen LogP) is 0.195. The van der Waals surface area contributed by atoms with Crippen molar-refractivity contribution >= 4 is 0 Å². The molecule has 0 radical (unpaired) electrons. The molecular weight excluding hydrogens is 150 g/mol. The normalized spacial score (nSPS) is 30.5. The first-order valence-corrected chi connectivity index (χ1v) is 5.02. The van der Waals surface area contributed by atoms with Crippen LogP contribution in [0.3, 0.4) is 0 Å². The maximum absolute atomic E-state index is 5.80. The molecule has 0 saturated heterocycles. The van der Waals surface area contributed by atoms with Gasteiger partial charge in [0, 0.05) is 12.1 Å². The Morgan fingerprint density at radius 2 is 1.83 bits per heavy atom. The first-order valence-electron chi connectivity index (χ1n) is 5.02. The van der Waals surface area contributed by atoms with Crippen molar-refractivity contribution in [2.75, 3.05) is 13.1 Å². The van der Waals surface area contributed by atoms with Gasteiger partial charge in [-0.15, -0.1) is 0 Å². The van der Waals surface area contributed by atoms with Crippen LogP contribution >= 0.6 is 0 Å². The second kappa shape index (κ2) is 5.51. The standard InChI is InChI=1S/C9H21N3/c10-6-1-7-12-9-4-2-8(11)3-5-9/h8-9,12H,1-7,10-11H2. The van der Waals surface area contributed by atoms with Gasteiger partial charge >= 0.3 is 0 Å². The van der Waals surface area contributed by atoms with Crippen LogP contribution in [0.2, 0.25) is 0 Å². The van der Waals surface area contributed by atoms with Crippen LogP contribution in [0.5, 0.6) is 0 Å². The van der Waals surface area contributed by atoms with Crippen LogP contribution < -0.4 is 16.8 Å². The molecule has 0 unspecified atom stereocenters. The Morgan fingerprint density at radius 3 is 2.42 bits per heavy atom. The zero-order valence-electron chi connectivity index (χ0n) is 7.76. The van der Waals surface area contributed by atoms with Gasteiger partial charge < -0.3 is 16.8 Å². The topological polar surface area (TPSA) is 64.1 Å². The summed E-state index contributed by atoms with van der Waals surface area (Å²) >= 11 is 0. The minimum absolute atomic E-state index is 0.456. The second-order valence-corrected chi connectivity index (χ2v) is 3.71. The van der Waals surface area contributed by atoms with E-state index >= 15 is 0 Å². The lowest BCUT2D eigenvalue weighted by molar-refractivity contribution is 0.343. The van der Waals surface area contributed by atoms with Crippen molar-refractivity contribution in [3.05, 3.63) is 0 Å². The van der Waals surface area contributed by atoms with E-state index in [1.807, 2.05) is 0 Å². The molecule has 1 rings (SSSR count). The highest BCUT2D eigenvalue weighted by molar-refractivity contribution is 4.78. The van der Waals surface area contributed by atoms with Crippen molar-refractivity contribution < 1.29 is 0 Å². The quantitative estimate of drug-likeness (QED) is 0.529. The summed E-state index contributed by atoms with van der Waals surface area (Å²) in [6.45, 7) is 1.86. The highest BCUT2D eigenvalue weighted by Gasteiger charge is 2.16. The highest BCUT2D eigenvalue weighted by atomic mass is 14.9. The minimum atomic E-state index is 0.456. The summed E-state index contributed by atoms with van der Waals surface area (Å²) in [7, 11) is 0. The fourth-order valence-electron chi connectivity index (χ4n) is 1.73. The zero-order valence-corrected chi connectivity index (χ0v) is 7.76. The molecule has 1 aliphatic carbocycles. The molecule has 0 amide bonds. The summed E-state index contributed by atoms with van der Waals surface area (Å²) in [5.41, 5.74) is 11.2. The van der Waals surface area contributed by atoms with E-state index in [4.69, 9.17) is 11.5 Å². The minimum Gasteiger partial charge on any atom is -0.330 e. The van der Waals surface area contributed by atoms with Crippen LogP contribution in [-0.2, 0) is 0 Å². The molecule has 0 aromatic heterocycles. The number of rotatable bonds is 4. The van der Waals surface area contributed by atoms with Crippen molar-refractivity contribution in [1.82, 2.24) is 5.32 Å². The van der Waals surface area contributed by atoms with E-state index in [0.717, 1.165) is 19.5 Å². The van der Waals surface area contributed by atoms with Gasteiger partial charge in [-0.3, -0.25) is 0 Å². The third kappa shape index (κ3) is 3.52. The molecule has 0 aromatic carbocycles. The largest absolute Gasteiger partial charge is 0.330 e. The number of nitrogens with one attached hydrogen (secondary N) is 1. The number of nitrogens with two attached hydrogens (primary N) is 2. The van der Waals surface area contributed by atoms with Crippen molar-refractivity contribution in [2.45, 2.75) is 44.2 Å².